The Hall–Kier alpha value is -2.80. The van der Waals surface area contributed by atoms with Gasteiger partial charge in [0.1, 0.15) is 22.0 Å². The number of rotatable bonds is 13. The second-order valence-electron chi connectivity index (χ2n) is 10.2. The molecule has 3 aromatic carbocycles. The van der Waals surface area contributed by atoms with E-state index in [2.05, 4.69) is 10.6 Å². The third kappa shape index (κ3) is 10.8. The van der Waals surface area contributed by atoms with E-state index in [9.17, 15) is 32.6 Å². The molecule has 0 aliphatic heterocycles. The van der Waals surface area contributed by atoms with Crippen molar-refractivity contribution in [2.45, 2.75) is 39.2 Å². The third-order valence-electron chi connectivity index (χ3n) is 6.60. The third-order valence-corrected chi connectivity index (χ3v) is 7.10. The Balaban J connectivity index is 0.00000588. The van der Waals surface area contributed by atoms with E-state index in [4.69, 9.17) is 0 Å². The van der Waals surface area contributed by atoms with E-state index in [1.165, 1.54) is 0 Å². The molecular weight excluding hydrogens is 557 g/mol. The van der Waals surface area contributed by atoms with Crippen LogP contribution in [0, 0.1) is 17.8 Å². The molecule has 3 amide bonds. The number of hydrogen-bond acceptors (Lipinski definition) is 7. The molecule has 0 saturated carbocycles. The number of hydroxylamine groups is 1. The van der Waals surface area contributed by atoms with Crippen molar-refractivity contribution in [2.75, 3.05) is 5.88 Å². The van der Waals surface area contributed by atoms with Crippen molar-refractivity contribution in [3.63, 3.8) is 0 Å². The molecule has 3 rings (SSSR count). The number of fused-ring (bicyclic) bond motifs is 1. The summed E-state index contributed by atoms with van der Waals surface area (Å²) in [6.45, 7) is 3.77. The number of carbonyl (C=O) groups excluding carboxylic acids is 3. The molecule has 3 aromatic rings. The minimum Gasteiger partial charge on any atom is -0.747 e. The monoisotopic (exact) mass is 591 g/mol. The van der Waals surface area contributed by atoms with Crippen molar-refractivity contribution in [1.82, 2.24) is 16.1 Å². The molecule has 0 saturated heterocycles. The van der Waals surface area contributed by atoms with Gasteiger partial charge in [-0.1, -0.05) is 86.6 Å². The minimum absolute atomic E-state index is 0. The zero-order chi connectivity index (χ0) is 29.3. The number of carbonyl (C=O) groups is 3. The first kappa shape index (κ1) is 34.4. The number of benzene rings is 3. The fourth-order valence-corrected chi connectivity index (χ4v) is 5.02. The van der Waals surface area contributed by atoms with Gasteiger partial charge >= 0.3 is 29.6 Å². The SMILES string of the molecule is CC(C)C[C@@H](C(=O)N[C@@H](Cc1ccccc1)C(=O)NCS(=O)(=O)[O-])C(Cc1ccc2ccccc2c1)C(=O)NO.[Na+]. The largest absolute Gasteiger partial charge is 1.00 e. The predicted octanol–water partition coefficient (Wildman–Crippen LogP) is -0.483. The molecule has 0 fully saturated rings. The van der Waals surface area contributed by atoms with Gasteiger partial charge in [-0.3, -0.25) is 19.6 Å². The fraction of sp³-hybridized carbons (Fsp3) is 0.345. The summed E-state index contributed by atoms with van der Waals surface area (Å²) < 4.78 is 33.3. The van der Waals surface area contributed by atoms with E-state index in [-0.39, 0.29) is 54.7 Å². The minimum atomic E-state index is -4.74. The van der Waals surface area contributed by atoms with Crippen LogP contribution < -0.4 is 45.7 Å². The number of nitrogens with one attached hydrogen (secondary N) is 3. The molecule has 0 bridgehead atoms. The second-order valence-corrected chi connectivity index (χ2v) is 11.6. The Kier molecular flexibility index (Phi) is 13.4. The summed E-state index contributed by atoms with van der Waals surface area (Å²) in [7, 11) is -4.74. The van der Waals surface area contributed by atoms with Crippen LogP contribution >= 0.6 is 0 Å². The van der Waals surface area contributed by atoms with Crippen LogP contribution in [0.3, 0.4) is 0 Å². The topological polar surface area (TPSA) is 165 Å². The van der Waals surface area contributed by atoms with Crippen molar-refractivity contribution < 1.29 is 62.1 Å². The van der Waals surface area contributed by atoms with E-state index in [1.54, 1.807) is 35.8 Å². The maximum atomic E-state index is 13.7. The zero-order valence-corrected chi connectivity index (χ0v) is 26.2. The van der Waals surface area contributed by atoms with E-state index >= 15 is 0 Å². The predicted molar refractivity (Wildman–Crippen MR) is 149 cm³/mol. The molecule has 0 radical (unpaired) electrons. The van der Waals surface area contributed by atoms with Gasteiger partial charge in [-0.15, -0.1) is 0 Å². The zero-order valence-electron chi connectivity index (χ0n) is 23.4. The van der Waals surface area contributed by atoms with E-state index < -0.39 is 51.6 Å². The van der Waals surface area contributed by atoms with Gasteiger partial charge in [0.2, 0.25) is 17.7 Å². The van der Waals surface area contributed by atoms with Gasteiger partial charge < -0.3 is 15.2 Å². The summed E-state index contributed by atoms with van der Waals surface area (Å²) in [6.07, 6.45) is 0.436. The summed E-state index contributed by atoms with van der Waals surface area (Å²) in [5, 5.41) is 16.3. The first-order valence-corrected chi connectivity index (χ1v) is 14.5. The van der Waals surface area contributed by atoms with Crippen LogP contribution in [0.4, 0.5) is 0 Å². The molecule has 4 N–H and O–H groups in total. The first-order chi connectivity index (χ1) is 19.0. The van der Waals surface area contributed by atoms with Crippen LogP contribution in [0.2, 0.25) is 0 Å². The second kappa shape index (κ2) is 16.0. The van der Waals surface area contributed by atoms with Crippen LogP contribution in [0.15, 0.2) is 72.8 Å². The van der Waals surface area contributed by atoms with E-state index in [0.717, 1.165) is 16.3 Å². The molecule has 3 atom stereocenters. The van der Waals surface area contributed by atoms with Gasteiger partial charge in [0.15, 0.2) is 0 Å². The Morgan fingerprint density at radius 3 is 2.05 bits per heavy atom. The molecular formula is C29H34N3NaO7S. The maximum Gasteiger partial charge on any atom is 1.00 e. The molecule has 10 nitrogen and oxygen atoms in total. The van der Waals surface area contributed by atoms with Crippen LogP contribution in [-0.2, 0) is 37.3 Å². The van der Waals surface area contributed by atoms with Crippen LogP contribution in [0.25, 0.3) is 10.8 Å². The van der Waals surface area contributed by atoms with E-state index in [1.807, 2.05) is 56.3 Å². The Bertz CT molecular complexity index is 1430. The summed E-state index contributed by atoms with van der Waals surface area (Å²) in [5.74, 6) is -5.26. The molecule has 0 heterocycles. The average molecular weight is 592 g/mol. The van der Waals surface area contributed by atoms with Crippen LogP contribution in [-0.4, -0.2) is 47.8 Å². The Morgan fingerprint density at radius 2 is 1.44 bits per heavy atom. The summed E-state index contributed by atoms with van der Waals surface area (Å²) in [6, 6.07) is 21.0. The van der Waals surface area contributed by atoms with Gasteiger partial charge in [0.25, 0.3) is 0 Å². The molecule has 0 aromatic heterocycles. The van der Waals surface area contributed by atoms with E-state index in [0.29, 0.717) is 5.56 Å². The standard InChI is InChI=1S/C29H35N3O7S.Na/c1-19(2)14-24(25(28(34)32-36)16-21-12-13-22-10-6-7-11-23(22)15-21)27(33)31-26(17-20-8-4-3-5-9-20)29(35)30-18-40(37,38)39;/h3-13,15,19,24-26,36H,14,16-18H2,1-2H3,(H,30,35)(H,31,33)(H,32,34)(H,37,38,39);/q;+1/p-1/t24-,25?,26+;/m1./s1. The van der Waals surface area contributed by atoms with Crippen molar-refractivity contribution >= 4 is 38.6 Å². The van der Waals surface area contributed by atoms with Crippen molar-refractivity contribution in [1.29, 1.82) is 0 Å². The molecule has 0 aliphatic carbocycles. The number of amides is 3. The quantitative estimate of drug-likeness (QED) is 0.0902. The average Bonchev–Trinajstić information content (AvgIpc) is 2.92. The first-order valence-electron chi connectivity index (χ1n) is 12.9. The maximum absolute atomic E-state index is 13.7. The molecule has 0 aliphatic rings. The summed E-state index contributed by atoms with van der Waals surface area (Å²) in [5.41, 5.74) is 3.16. The summed E-state index contributed by atoms with van der Waals surface area (Å²) in [4.78, 5) is 39.5. The Labute approximate surface area is 262 Å². The summed E-state index contributed by atoms with van der Waals surface area (Å²) >= 11 is 0. The Morgan fingerprint density at radius 1 is 0.805 bits per heavy atom. The van der Waals surface area contributed by atoms with Gasteiger partial charge in [0.05, 0.1) is 11.8 Å². The number of hydrogen-bond donors (Lipinski definition) is 4. The van der Waals surface area contributed by atoms with Gasteiger partial charge in [-0.25, -0.2) is 13.9 Å². The normalized spacial score (nSPS) is 13.5. The van der Waals surface area contributed by atoms with Gasteiger partial charge in [-0.05, 0) is 40.7 Å². The molecule has 1 unspecified atom stereocenters. The smallest absolute Gasteiger partial charge is 0.747 e. The fourth-order valence-electron chi connectivity index (χ4n) is 4.70. The molecule has 214 valence electrons. The molecule has 0 spiro atoms. The van der Waals surface area contributed by atoms with Gasteiger partial charge in [0, 0.05) is 6.42 Å². The van der Waals surface area contributed by atoms with Crippen LogP contribution in [0.1, 0.15) is 31.4 Å². The van der Waals surface area contributed by atoms with Gasteiger partial charge in [-0.2, -0.15) is 0 Å². The van der Waals surface area contributed by atoms with Crippen molar-refractivity contribution in [3.05, 3.63) is 83.9 Å². The van der Waals surface area contributed by atoms with Crippen molar-refractivity contribution in [2.24, 2.45) is 17.8 Å². The van der Waals surface area contributed by atoms with Crippen molar-refractivity contribution in [3.8, 4) is 0 Å². The molecule has 12 heteroatoms. The molecule has 41 heavy (non-hydrogen) atoms. The van der Waals surface area contributed by atoms with Crippen LogP contribution in [0.5, 0.6) is 0 Å².